The molecule has 5 heteroatoms. The van der Waals surface area contributed by atoms with Crippen molar-refractivity contribution in [1.82, 2.24) is 10.2 Å². The molecule has 4 rings (SSSR count). The molecule has 5 nitrogen and oxygen atoms in total. The second kappa shape index (κ2) is 4.37. The van der Waals surface area contributed by atoms with E-state index in [2.05, 4.69) is 5.32 Å². The molecule has 3 aliphatic carbocycles. The fraction of sp³-hybridized carbons (Fsp3) is 0.875. The lowest BCUT2D eigenvalue weighted by atomic mass is 9.84. The molecule has 0 spiro atoms. The van der Waals surface area contributed by atoms with Crippen LogP contribution in [0.2, 0.25) is 0 Å². The van der Waals surface area contributed by atoms with Crippen molar-refractivity contribution >= 4 is 12.0 Å². The van der Waals surface area contributed by atoms with Gasteiger partial charge in [-0.3, -0.25) is 4.79 Å². The van der Waals surface area contributed by atoms with Crippen molar-refractivity contribution in [1.29, 1.82) is 0 Å². The molecule has 5 unspecified atom stereocenters. The number of carboxylic acids is 1. The number of fused-ring (bicyclic) bond motifs is 5. The highest BCUT2D eigenvalue weighted by Gasteiger charge is 2.65. The summed E-state index contributed by atoms with van der Waals surface area (Å²) in [6.45, 7) is 2.83. The Balaban J connectivity index is 1.36. The van der Waals surface area contributed by atoms with E-state index in [1.165, 1.54) is 19.3 Å². The van der Waals surface area contributed by atoms with E-state index in [0.29, 0.717) is 32.0 Å². The first-order valence-electron chi connectivity index (χ1n) is 8.34. The topological polar surface area (TPSA) is 69.6 Å². The molecule has 1 saturated heterocycles. The number of carboxylic acid groups (broad SMARTS) is 1. The zero-order valence-electron chi connectivity index (χ0n) is 12.5. The molecular formula is C16H24N2O3. The predicted molar refractivity (Wildman–Crippen MR) is 76.7 cm³/mol. The summed E-state index contributed by atoms with van der Waals surface area (Å²) >= 11 is 0. The molecule has 0 radical (unpaired) electrons. The Kier molecular flexibility index (Phi) is 2.79. The molecule has 0 aromatic rings. The summed E-state index contributed by atoms with van der Waals surface area (Å²) in [5.74, 6) is 2.38. The third kappa shape index (κ3) is 1.82. The number of carbonyl (C=O) groups excluding carboxylic acids is 1. The van der Waals surface area contributed by atoms with Gasteiger partial charge in [0.15, 0.2) is 0 Å². The number of nitrogens with zero attached hydrogens (tertiary/aromatic N) is 1. The third-order valence-electron chi connectivity index (χ3n) is 6.80. The van der Waals surface area contributed by atoms with Gasteiger partial charge in [-0.25, -0.2) is 4.79 Å². The minimum atomic E-state index is -0.762. The van der Waals surface area contributed by atoms with E-state index in [0.717, 1.165) is 23.7 Å². The van der Waals surface area contributed by atoms with Crippen LogP contribution < -0.4 is 5.32 Å². The SMILES string of the molecule is CCC1(C(=O)O)CCN(C(=O)NC2C3C4CCC(C4)C23)C1. The molecule has 116 valence electrons. The first-order chi connectivity index (χ1) is 10.1. The third-order valence-corrected chi connectivity index (χ3v) is 6.80. The Morgan fingerprint density at radius 2 is 1.95 bits per heavy atom. The molecule has 3 saturated carbocycles. The molecular weight excluding hydrogens is 268 g/mol. The predicted octanol–water partition coefficient (Wildman–Crippen LogP) is 1.93. The Bertz CT molecular complexity index is 478. The molecule has 2 N–H and O–H groups in total. The van der Waals surface area contributed by atoms with Gasteiger partial charge in [-0.2, -0.15) is 0 Å². The van der Waals surface area contributed by atoms with Gasteiger partial charge in [-0.05, 0) is 55.8 Å². The number of likely N-dealkylation sites (tertiary alicyclic amines) is 1. The maximum atomic E-state index is 12.4. The van der Waals surface area contributed by atoms with E-state index in [1.54, 1.807) is 4.90 Å². The monoisotopic (exact) mass is 292 g/mol. The van der Waals surface area contributed by atoms with E-state index in [4.69, 9.17) is 0 Å². The van der Waals surface area contributed by atoms with Gasteiger partial charge in [0.2, 0.25) is 0 Å². The standard InChI is InChI=1S/C16H24N2O3/c1-2-16(14(19)20)5-6-18(8-16)15(21)17-13-11-9-3-4-10(7-9)12(11)13/h9-13H,2-8H2,1H3,(H,17,21)(H,19,20). The summed E-state index contributed by atoms with van der Waals surface area (Å²) in [4.78, 5) is 25.6. The van der Waals surface area contributed by atoms with Crippen molar-refractivity contribution in [2.45, 2.75) is 45.1 Å². The van der Waals surface area contributed by atoms with E-state index in [-0.39, 0.29) is 6.03 Å². The molecule has 1 aliphatic heterocycles. The molecule has 0 aromatic carbocycles. The Labute approximate surface area is 125 Å². The lowest BCUT2D eigenvalue weighted by Crippen LogP contribution is -2.43. The van der Waals surface area contributed by atoms with Crippen LogP contribution in [0, 0.1) is 29.1 Å². The van der Waals surface area contributed by atoms with Gasteiger partial charge in [0, 0.05) is 19.1 Å². The van der Waals surface area contributed by atoms with Crippen LogP contribution in [0.3, 0.4) is 0 Å². The number of urea groups is 1. The van der Waals surface area contributed by atoms with Gasteiger partial charge in [-0.15, -0.1) is 0 Å². The zero-order valence-corrected chi connectivity index (χ0v) is 12.5. The van der Waals surface area contributed by atoms with Gasteiger partial charge < -0.3 is 15.3 Å². The van der Waals surface area contributed by atoms with Gasteiger partial charge in [-0.1, -0.05) is 6.92 Å². The highest BCUT2D eigenvalue weighted by Crippen LogP contribution is 2.65. The van der Waals surface area contributed by atoms with Crippen LogP contribution in [0.5, 0.6) is 0 Å². The lowest BCUT2D eigenvalue weighted by molar-refractivity contribution is -0.148. The first kappa shape index (κ1) is 13.4. The fourth-order valence-electron chi connectivity index (χ4n) is 5.41. The number of rotatable bonds is 3. The Morgan fingerprint density at radius 3 is 2.48 bits per heavy atom. The van der Waals surface area contributed by atoms with E-state index < -0.39 is 11.4 Å². The first-order valence-corrected chi connectivity index (χ1v) is 8.34. The zero-order chi connectivity index (χ0) is 14.8. The molecule has 4 aliphatic rings. The van der Waals surface area contributed by atoms with E-state index >= 15 is 0 Å². The molecule has 2 amide bonds. The molecule has 0 aromatic heterocycles. The molecule has 1 heterocycles. The molecule has 21 heavy (non-hydrogen) atoms. The summed E-state index contributed by atoms with van der Waals surface area (Å²) in [7, 11) is 0. The summed E-state index contributed by atoms with van der Waals surface area (Å²) in [5.41, 5.74) is -0.726. The fourth-order valence-corrected chi connectivity index (χ4v) is 5.41. The Hall–Kier alpha value is -1.26. The van der Waals surface area contributed by atoms with Crippen LogP contribution in [-0.4, -0.2) is 41.1 Å². The number of hydrogen-bond donors (Lipinski definition) is 2. The summed E-state index contributed by atoms with van der Waals surface area (Å²) < 4.78 is 0. The number of hydrogen-bond acceptors (Lipinski definition) is 2. The highest BCUT2D eigenvalue weighted by molar-refractivity contribution is 5.80. The smallest absolute Gasteiger partial charge is 0.317 e. The number of aliphatic carboxylic acids is 1. The van der Waals surface area contributed by atoms with Gasteiger partial charge in [0.1, 0.15) is 0 Å². The minimum Gasteiger partial charge on any atom is -0.481 e. The van der Waals surface area contributed by atoms with Crippen molar-refractivity contribution in [2.24, 2.45) is 29.1 Å². The van der Waals surface area contributed by atoms with Crippen molar-refractivity contribution in [2.75, 3.05) is 13.1 Å². The van der Waals surface area contributed by atoms with Gasteiger partial charge >= 0.3 is 12.0 Å². The highest BCUT2D eigenvalue weighted by atomic mass is 16.4. The maximum absolute atomic E-state index is 12.4. The van der Waals surface area contributed by atoms with Crippen molar-refractivity contribution in [3.8, 4) is 0 Å². The maximum Gasteiger partial charge on any atom is 0.317 e. The minimum absolute atomic E-state index is 0.0367. The second-order valence-electron chi connectivity index (χ2n) is 7.57. The molecule has 2 bridgehead atoms. The van der Waals surface area contributed by atoms with Crippen molar-refractivity contribution in [3.05, 3.63) is 0 Å². The van der Waals surface area contributed by atoms with Gasteiger partial charge in [0.25, 0.3) is 0 Å². The molecule has 4 fully saturated rings. The van der Waals surface area contributed by atoms with Crippen LogP contribution in [0.4, 0.5) is 4.79 Å². The quantitative estimate of drug-likeness (QED) is 0.835. The summed E-state index contributed by atoms with van der Waals surface area (Å²) in [6, 6.07) is 0.343. The summed E-state index contributed by atoms with van der Waals surface area (Å²) in [6.07, 6.45) is 5.24. The summed E-state index contributed by atoms with van der Waals surface area (Å²) in [5, 5.41) is 12.6. The van der Waals surface area contributed by atoms with Crippen LogP contribution in [-0.2, 0) is 4.79 Å². The van der Waals surface area contributed by atoms with Crippen molar-refractivity contribution < 1.29 is 14.7 Å². The largest absolute Gasteiger partial charge is 0.481 e. The van der Waals surface area contributed by atoms with Crippen LogP contribution in [0.15, 0.2) is 0 Å². The van der Waals surface area contributed by atoms with Crippen LogP contribution >= 0.6 is 0 Å². The average molecular weight is 292 g/mol. The van der Waals surface area contributed by atoms with Gasteiger partial charge in [0.05, 0.1) is 5.41 Å². The van der Waals surface area contributed by atoms with E-state index in [1.807, 2.05) is 6.92 Å². The van der Waals surface area contributed by atoms with Crippen molar-refractivity contribution in [3.63, 3.8) is 0 Å². The number of amides is 2. The number of nitrogens with one attached hydrogen (secondary N) is 1. The lowest BCUT2D eigenvalue weighted by Gasteiger charge is -2.23. The van der Waals surface area contributed by atoms with E-state index in [9.17, 15) is 14.7 Å². The average Bonchev–Trinajstić information content (AvgIpc) is 2.92. The second-order valence-corrected chi connectivity index (χ2v) is 7.57. The normalized spacial score (nSPS) is 46.5. The number of carbonyl (C=O) groups is 2. The van der Waals surface area contributed by atoms with Crippen LogP contribution in [0.1, 0.15) is 39.0 Å². The molecule has 5 atom stereocenters. The Morgan fingerprint density at radius 1 is 1.29 bits per heavy atom. The van der Waals surface area contributed by atoms with Crippen LogP contribution in [0.25, 0.3) is 0 Å².